The number of methoxy groups -OCH3 is 1. The average Bonchev–Trinajstić information content (AvgIpc) is 3.29. The second kappa shape index (κ2) is 8.71. The van der Waals surface area contributed by atoms with Gasteiger partial charge >= 0.3 is 0 Å². The number of hydrogen-bond donors (Lipinski definition) is 2. The molecule has 0 spiro atoms. The van der Waals surface area contributed by atoms with E-state index in [-0.39, 0.29) is 18.2 Å². The van der Waals surface area contributed by atoms with Gasteiger partial charge in [0, 0.05) is 11.9 Å². The molecule has 3 rings (SSSR count). The lowest BCUT2D eigenvalue weighted by atomic mass is 10.1. The highest BCUT2D eigenvalue weighted by molar-refractivity contribution is 7.14. The minimum absolute atomic E-state index is 0.139. The Hall–Kier alpha value is -3.13. The van der Waals surface area contributed by atoms with Crippen LogP contribution < -0.4 is 15.4 Å². The fourth-order valence-electron chi connectivity index (χ4n) is 2.63. The van der Waals surface area contributed by atoms with Crippen LogP contribution in [0.3, 0.4) is 0 Å². The topological polar surface area (TPSA) is 93.5 Å². The highest BCUT2D eigenvalue weighted by Gasteiger charge is 2.14. The minimum Gasteiger partial charge on any atom is -0.496 e. The van der Waals surface area contributed by atoms with Crippen LogP contribution in [0.5, 0.6) is 5.75 Å². The summed E-state index contributed by atoms with van der Waals surface area (Å²) in [6.07, 6.45) is 1.60. The van der Waals surface area contributed by atoms with Gasteiger partial charge in [0.15, 0.2) is 5.13 Å². The number of hydrogen-bond acceptors (Lipinski definition) is 6. The lowest BCUT2D eigenvalue weighted by Gasteiger charge is -2.08. The summed E-state index contributed by atoms with van der Waals surface area (Å²) < 4.78 is 10.4. The van der Waals surface area contributed by atoms with Crippen LogP contribution in [0.2, 0.25) is 0 Å². The van der Waals surface area contributed by atoms with Gasteiger partial charge in [0.25, 0.3) is 5.91 Å². The van der Waals surface area contributed by atoms with Gasteiger partial charge in [0.1, 0.15) is 11.5 Å². The monoisotopic (exact) mass is 399 g/mol. The molecule has 0 fully saturated rings. The Kier molecular flexibility index (Phi) is 6.10. The van der Waals surface area contributed by atoms with Crippen LogP contribution in [0.25, 0.3) is 0 Å². The van der Waals surface area contributed by atoms with E-state index < -0.39 is 0 Å². The van der Waals surface area contributed by atoms with E-state index >= 15 is 0 Å². The van der Waals surface area contributed by atoms with E-state index in [1.165, 1.54) is 17.6 Å². The van der Waals surface area contributed by atoms with E-state index in [2.05, 4.69) is 15.6 Å². The number of furan rings is 1. The number of aromatic nitrogens is 1. The second-order valence-corrected chi connectivity index (χ2v) is 7.10. The molecule has 8 heteroatoms. The van der Waals surface area contributed by atoms with Crippen molar-refractivity contribution in [3.63, 3.8) is 0 Å². The molecule has 2 amide bonds. The number of nitrogens with one attached hydrogen (secondary N) is 2. The molecule has 0 radical (unpaired) electrons. The SMILES string of the molecule is COc1cc(CNC(=O)Cc2csc(NC(=O)c3ccoc3C)n2)ccc1C. The normalized spacial score (nSPS) is 10.5. The third-order valence-corrected chi connectivity index (χ3v) is 4.99. The summed E-state index contributed by atoms with van der Waals surface area (Å²) in [4.78, 5) is 28.7. The van der Waals surface area contributed by atoms with Crippen molar-refractivity contribution in [1.29, 1.82) is 0 Å². The highest BCUT2D eigenvalue weighted by atomic mass is 32.1. The van der Waals surface area contributed by atoms with Crippen LogP contribution in [0.15, 0.2) is 40.3 Å². The van der Waals surface area contributed by atoms with E-state index in [1.54, 1.807) is 25.5 Å². The molecule has 1 aromatic carbocycles. The first-order valence-corrected chi connectivity index (χ1v) is 9.54. The van der Waals surface area contributed by atoms with Crippen LogP contribution in [0.4, 0.5) is 5.13 Å². The number of rotatable bonds is 7. The fraction of sp³-hybridized carbons (Fsp3) is 0.250. The molecule has 2 aromatic heterocycles. The van der Waals surface area contributed by atoms with Crippen LogP contribution in [0, 0.1) is 13.8 Å². The number of anilines is 1. The summed E-state index contributed by atoms with van der Waals surface area (Å²) in [5.74, 6) is 0.902. The zero-order chi connectivity index (χ0) is 20.1. The van der Waals surface area contributed by atoms with Crippen molar-refractivity contribution in [2.45, 2.75) is 26.8 Å². The first-order chi connectivity index (χ1) is 13.5. The van der Waals surface area contributed by atoms with Crippen molar-refractivity contribution in [2.75, 3.05) is 12.4 Å². The molecule has 0 saturated carbocycles. The lowest BCUT2D eigenvalue weighted by Crippen LogP contribution is -2.24. The van der Waals surface area contributed by atoms with Crippen molar-refractivity contribution in [3.8, 4) is 5.75 Å². The van der Waals surface area contributed by atoms with Gasteiger partial charge in [0.05, 0.1) is 31.1 Å². The first-order valence-electron chi connectivity index (χ1n) is 8.66. The number of carbonyl (C=O) groups excluding carboxylic acids is 2. The fourth-order valence-corrected chi connectivity index (χ4v) is 3.34. The van der Waals surface area contributed by atoms with E-state index in [1.807, 2.05) is 25.1 Å². The summed E-state index contributed by atoms with van der Waals surface area (Å²) in [6, 6.07) is 7.42. The molecule has 3 aromatic rings. The zero-order valence-corrected chi connectivity index (χ0v) is 16.7. The molecule has 2 heterocycles. The Morgan fingerprint density at radius 3 is 2.79 bits per heavy atom. The number of aryl methyl sites for hydroxylation is 2. The summed E-state index contributed by atoms with van der Waals surface area (Å²) >= 11 is 1.27. The number of benzene rings is 1. The number of carbonyl (C=O) groups is 2. The van der Waals surface area contributed by atoms with Gasteiger partial charge in [0.2, 0.25) is 5.91 Å². The molecular formula is C20H21N3O4S. The molecule has 0 aliphatic rings. The van der Waals surface area contributed by atoms with Crippen molar-refractivity contribution in [2.24, 2.45) is 0 Å². The van der Waals surface area contributed by atoms with Crippen molar-refractivity contribution in [1.82, 2.24) is 10.3 Å². The Morgan fingerprint density at radius 1 is 1.25 bits per heavy atom. The van der Waals surface area contributed by atoms with Gasteiger partial charge in [-0.1, -0.05) is 12.1 Å². The summed E-state index contributed by atoms with van der Waals surface area (Å²) in [7, 11) is 1.62. The molecule has 0 bridgehead atoms. The summed E-state index contributed by atoms with van der Waals surface area (Å²) in [5.41, 5.74) is 3.06. The van der Waals surface area contributed by atoms with Gasteiger partial charge in [-0.3, -0.25) is 14.9 Å². The lowest BCUT2D eigenvalue weighted by molar-refractivity contribution is -0.120. The van der Waals surface area contributed by atoms with E-state index in [9.17, 15) is 9.59 Å². The molecule has 146 valence electrons. The quantitative estimate of drug-likeness (QED) is 0.634. The Balaban J connectivity index is 1.52. The Bertz CT molecular complexity index is 993. The predicted octanol–water partition coefficient (Wildman–Crippen LogP) is 3.47. The van der Waals surface area contributed by atoms with Gasteiger partial charge in [-0.05, 0) is 37.1 Å². The maximum Gasteiger partial charge on any atom is 0.260 e. The van der Waals surface area contributed by atoms with Crippen LogP contribution >= 0.6 is 11.3 Å². The molecule has 0 unspecified atom stereocenters. The Morgan fingerprint density at radius 2 is 2.07 bits per heavy atom. The smallest absolute Gasteiger partial charge is 0.260 e. The minimum atomic E-state index is -0.287. The molecule has 0 saturated heterocycles. The molecular weight excluding hydrogens is 378 g/mol. The number of amides is 2. The van der Waals surface area contributed by atoms with Gasteiger partial charge in [-0.15, -0.1) is 11.3 Å². The number of nitrogens with zero attached hydrogens (tertiary/aromatic N) is 1. The largest absolute Gasteiger partial charge is 0.496 e. The van der Waals surface area contributed by atoms with Crippen LogP contribution in [-0.2, 0) is 17.8 Å². The van der Waals surface area contributed by atoms with Crippen LogP contribution in [0.1, 0.15) is 32.9 Å². The van der Waals surface area contributed by atoms with E-state index in [4.69, 9.17) is 9.15 Å². The maximum atomic E-state index is 12.2. The predicted molar refractivity (Wildman–Crippen MR) is 107 cm³/mol. The average molecular weight is 399 g/mol. The molecule has 0 aliphatic carbocycles. The summed E-state index contributed by atoms with van der Waals surface area (Å²) in [5, 5.41) is 7.78. The molecule has 0 aliphatic heterocycles. The van der Waals surface area contributed by atoms with Gasteiger partial charge < -0.3 is 14.5 Å². The van der Waals surface area contributed by atoms with Gasteiger partial charge in [-0.2, -0.15) is 0 Å². The highest BCUT2D eigenvalue weighted by Crippen LogP contribution is 2.20. The van der Waals surface area contributed by atoms with Crippen molar-refractivity contribution in [3.05, 3.63) is 64.1 Å². The van der Waals surface area contributed by atoms with E-state index in [0.717, 1.165) is 16.9 Å². The first kappa shape index (κ1) is 19.6. The standard InChI is InChI=1S/C20H21N3O4S/c1-12-4-5-14(8-17(12)26-3)10-21-18(24)9-15-11-28-20(22-15)23-19(25)16-6-7-27-13(16)2/h4-8,11H,9-10H2,1-3H3,(H,21,24)(H,22,23,25). The van der Waals surface area contributed by atoms with Gasteiger partial charge in [-0.25, -0.2) is 4.98 Å². The molecule has 2 N–H and O–H groups in total. The maximum absolute atomic E-state index is 12.2. The van der Waals surface area contributed by atoms with Crippen molar-refractivity contribution >= 4 is 28.3 Å². The molecule has 0 atom stereocenters. The molecule has 28 heavy (non-hydrogen) atoms. The zero-order valence-electron chi connectivity index (χ0n) is 15.9. The summed E-state index contributed by atoms with van der Waals surface area (Å²) in [6.45, 7) is 4.09. The Labute approximate surface area is 166 Å². The number of ether oxygens (including phenoxy) is 1. The number of thiazole rings is 1. The van der Waals surface area contributed by atoms with E-state index in [0.29, 0.717) is 28.7 Å². The van der Waals surface area contributed by atoms with Crippen LogP contribution in [-0.4, -0.2) is 23.9 Å². The third kappa shape index (κ3) is 4.77. The third-order valence-electron chi connectivity index (χ3n) is 4.18. The van der Waals surface area contributed by atoms with Crippen molar-refractivity contribution < 1.29 is 18.7 Å². The second-order valence-electron chi connectivity index (χ2n) is 6.25. The molecule has 7 nitrogen and oxygen atoms in total.